The van der Waals surface area contributed by atoms with E-state index < -0.39 is 53.9 Å². The van der Waals surface area contributed by atoms with E-state index in [1.165, 1.54) is 40.8 Å². The van der Waals surface area contributed by atoms with Gasteiger partial charge in [-0.25, -0.2) is 16.8 Å². The first kappa shape index (κ1) is 60.6. The summed E-state index contributed by atoms with van der Waals surface area (Å²) in [5.41, 5.74) is 5.01. The molecule has 0 saturated heterocycles. The van der Waals surface area contributed by atoms with Crippen LogP contribution in [0, 0.1) is 13.8 Å². The number of hydrogen-bond donors (Lipinski definition) is 0. The number of aryl methyl sites for hydroxylation is 2. The van der Waals surface area contributed by atoms with Crippen LogP contribution in [0.3, 0.4) is 0 Å². The molecule has 0 radical (unpaired) electrons. The smallest absolute Gasteiger partial charge is 0.170 e. The van der Waals surface area contributed by atoms with Gasteiger partial charge in [-0.05, 0) is 127 Å². The number of pyridine rings is 4. The molecule has 2 aromatic carbocycles. The van der Waals surface area contributed by atoms with Crippen LogP contribution in [0.25, 0.3) is 34.2 Å². The van der Waals surface area contributed by atoms with Gasteiger partial charge in [0.2, 0.25) is 0 Å². The van der Waals surface area contributed by atoms with Gasteiger partial charge in [0, 0.05) is 48.3 Å². The van der Waals surface area contributed by atoms with Gasteiger partial charge in [0.25, 0.3) is 0 Å². The average Bonchev–Trinajstić information content (AvgIpc) is 4.04. The molecule has 424 valence electrons. The summed E-state index contributed by atoms with van der Waals surface area (Å²) in [6, 6.07) is 21.1. The van der Waals surface area contributed by atoms with E-state index >= 15 is 0 Å². The molecule has 6 aromatic heterocycles. The van der Waals surface area contributed by atoms with Gasteiger partial charge in [-0.1, -0.05) is 35.3 Å². The largest absolute Gasteiger partial charge is 0.494 e. The third kappa shape index (κ3) is 14.1. The Kier molecular flexibility index (Phi) is 20.0. The second-order valence-electron chi connectivity index (χ2n) is 19.1. The first-order valence-electron chi connectivity index (χ1n) is 25.2. The molecule has 8 rings (SSSR count). The highest BCUT2D eigenvalue weighted by atomic mass is 35.5. The van der Waals surface area contributed by atoms with Crippen molar-refractivity contribution >= 4 is 42.9 Å². The Morgan fingerprint density at radius 3 is 1.12 bits per heavy atom. The molecule has 0 aliphatic carbocycles. The van der Waals surface area contributed by atoms with Crippen LogP contribution < -0.4 is 18.9 Å². The fraction of sp³-hybridized carbons (Fsp3) is 0.357. The quantitative estimate of drug-likeness (QED) is 0.0613. The van der Waals surface area contributed by atoms with Gasteiger partial charge in [0.05, 0.1) is 72.6 Å². The lowest BCUT2D eigenvalue weighted by atomic mass is 10.1. The normalized spacial score (nSPS) is 13.3. The highest BCUT2D eigenvalue weighted by molar-refractivity contribution is 7.91. The van der Waals surface area contributed by atoms with E-state index in [4.69, 9.17) is 51.6 Å². The molecule has 0 unspecified atom stereocenters. The zero-order valence-corrected chi connectivity index (χ0v) is 49.5. The van der Waals surface area contributed by atoms with Gasteiger partial charge in [-0.15, -0.1) is 20.4 Å². The molecule has 20 nitrogen and oxygen atoms in total. The summed E-state index contributed by atoms with van der Waals surface area (Å²) in [4.78, 5) is 17.3. The Bertz CT molecular complexity index is 3340. The second-order valence-corrected chi connectivity index (χ2v) is 24.7. The topological polar surface area (TPSA) is 237 Å². The van der Waals surface area contributed by atoms with Crippen LogP contribution in [0.5, 0.6) is 23.0 Å². The highest BCUT2D eigenvalue weighted by Gasteiger charge is 2.38. The second kappa shape index (κ2) is 26.5. The molecule has 0 aliphatic heterocycles. The van der Waals surface area contributed by atoms with Crippen molar-refractivity contribution in [3.05, 3.63) is 154 Å². The van der Waals surface area contributed by atoms with E-state index in [0.29, 0.717) is 78.6 Å². The predicted molar refractivity (Wildman–Crippen MR) is 305 cm³/mol. The van der Waals surface area contributed by atoms with Gasteiger partial charge in [-0.2, -0.15) is 0 Å². The fourth-order valence-corrected chi connectivity index (χ4v) is 11.7. The summed E-state index contributed by atoms with van der Waals surface area (Å²) >= 11 is 12.0. The van der Waals surface area contributed by atoms with Crippen molar-refractivity contribution in [3.8, 4) is 57.1 Å². The lowest BCUT2D eigenvalue weighted by Crippen LogP contribution is -2.31. The number of ether oxygens (including phenoxy) is 6. The Morgan fingerprint density at radius 2 is 0.838 bits per heavy atom. The van der Waals surface area contributed by atoms with E-state index in [1.54, 1.807) is 108 Å². The first-order chi connectivity index (χ1) is 38.1. The number of benzene rings is 2. The van der Waals surface area contributed by atoms with E-state index in [1.807, 2.05) is 53.7 Å². The molecule has 6 heterocycles. The molecule has 0 N–H and O–H groups in total. The molecule has 0 spiro atoms. The van der Waals surface area contributed by atoms with E-state index in [-0.39, 0.29) is 23.9 Å². The Hall–Kier alpha value is -7.08. The van der Waals surface area contributed by atoms with Gasteiger partial charge in [-0.3, -0.25) is 29.1 Å². The summed E-state index contributed by atoms with van der Waals surface area (Å²) in [5.74, 6) is 2.10. The number of rotatable bonds is 22. The fourth-order valence-electron chi connectivity index (χ4n) is 8.66. The SMILES string of the molecule is COc1cccc(OC)c1-n1c(CS(=O)(=O)[C@@H](C)[C@@H](OC(C)C)c2ccc(Cl)cn2)nnc1-c1cncc(C)c1.COc1cccc(OC)c1-n1c(CS(=O)(=O)[C@H](C)[C@H](OC(C)C)c2ccc(Cl)cn2)nnc1-c1cncc(C)c1. The Labute approximate surface area is 476 Å². The van der Waals surface area contributed by atoms with Crippen LogP contribution in [0.2, 0.25) is 10.0 Å². The number of nitrogens with zero attached hydrogens (tertiary/aromatic N) is 10. The molecule has 0 aliphatic rings. The molecular weight excluding hydrogens is 1110 g/mol. The number of methoxy groups -OCH3 is 4. The van der Waals surface area contributed by atoms with Crippen LogP contribution in [-0.2, 0) is 40.7 Å². The van der Waals surface area contributed by atoms with Crippen molar-refractivity contribution in [3.63, 3.8) is 0 Å². The summed E-state index contributed by atoms with van der Waals surface area (Å²) in [6.07, 6.45) is 7.52. The summed E-state index contributed by atoms with van der Waals surface area (Å²) in [6.45, 7) is 14.4. The Balaban J connectivity index is 0.000000231. The summed E-state index contributed by atoms with van der Waals surface area (Å²) in [5, 5.41) is 16.4. The maximum Gasteiger partial charge on any atom is 0.170 e. The number of para-hydroxylation sites is 2. The molecule has 80 heavy (non-hydrogen) atoms. The molecule has 0 amide bonds. The molecule has 0 saturated carbocycles. The lowest BCUT2D eigenvalue weighted by Gasteiger charge is -2.26. The number of halogens is 2. The van der Waals surface area contributed by atoms with Gasteiger partial charge in [0.1, 0.15) is 58.1 Å². The zero-order valence-electron chi connectivity index (χ0n) is 46.4. The zero-order chi connectivity index (χ0) is 58.1. The third-order valence-corrected chi connectivity index (χ3v) is 17.1. The minimum Gasteiger partial charge on any atom is -0.494 e. The number of aromatic nitrogens is 10. The lowest BCUT2D eigenvalue weighted by molar-refractivity contribution is 0.00383. The predicted octanol–water partition coefficient (Wildman–Crippen LogP) is 10.3. The number of sulfone groups is 2. The van der Waals surface area contributed by atoms with Crippen molar-refractivity contribution < 1.29 is 45.3 Å². The van der Waals surface area contributed by atoms with E-state index in [9.17, 15) is 16.8 Å². The van der Waals surface area contributed by atoms with Gasteiger partial charge < -0.3 is 28.4 Å². The molecule has 4 atom stereocenters. The van der Waals surface area contributed by atoms with Crippen molar-refractivity contribution in [1.29, 1.82) is 0 Å². The van der Waals surface area contributed by atoms with Crippen LogP contribution in [0.15, 0.2) is 110 Å². The van der Waals surface area contributed by atoms with Crippen LogP contribution in [0.4, 0.5) is 0 Å². The van der Waals surface area contributed by atoms with Gasteiger partial charge in [0.15, 0.2) is 43.0 Å². The standard InChI is InChI=1S/2C28H32ClN5O5S/c2*1-17(2)39-27(22-11-10-21(29)15-31-22)19(4)40(35,36)16-25-32-33-28(20-12-18(3)13-30-14-20)34(25)26-23(37-5)8-7-9-24(26)38-6/h2*7-15,17,19,27H,16H2,1-6H3/t2*19-,27+/m10/s1. The van der Waals surface area contributed by atoms with E-state index in [0.717, 1.165) is 11.1 Å². The first-order valence-corrected chi connectivity index (χ1v) is 29.4. The Morgan fingerprint density at radius 1 is 0.487 bits per heavy atom. The van der Waals surface area contributed by atoms with Crippen molar-refractivity contribution in [1.82, 2.24) is 49.5 Å². The highest BCUT2D eigenvalue weighted by Crippen LogP contribution is 2.40. The molecule has 8 aromatic rings. The van der Waals surface area contributed by atoms with Crippen LogP contribution >= 0.6 is 23.2 Å². The van der Waals surface area contributed by atoms with Crippen molar-refractivity contribution in [2.45, 2.75) is 102 Å². The molecular formula is C56H64Cl2N10O10S2. The molecule has 0 bridgehead atoms. The maximum absolute atomic E-state index is 14.0. The minimum absolute atomic E-state index is 0.179. The maximum atomic E-state index is 14.0. The van der Waals surface area contributed by atoms with Crippen LogP contribution in [-0.4, -0.2) is 117 Å². The minimum atomic E-state index is -3.88. The summed E-state index contributed by atoms with van der Waals surface area (Å²) < 4.78 is 93.9. The van der Waals surface area contributed by atoms with E-state index in [2.05, 4.69) is 40.3 Å². The average molecular weight is 1170 g/mol. The summed E-state index contributed by atoms with van der Waals surface area (Å²) in [7, 11) is -1.64. The van der Waals surface area contributed by atoms with Crippen LogP contribution in [0.1, 0.15) is 87.9 Å². The third-order valence-electron chi connectivity index (χ3n) is 12.5. The molecule has 0 fully saturated rings. The van der Waals surface area contributed by atoms with Gasteiger partial charge >= 0.3 is 0 Å². The van der Waals surface area contributed by atoms with Crippen molar-refractivity contribution in [2.24, 2.45) is 0 Å². The monoisotopic (exact) mass is 1170 g/mol. The molecule has 24 heteroatoms. The van der Waals surface area contributed by atoms with Crippen molar-refractivity contribution in [2.75, 3.05) is 28.4 Å². The number of hydrogen-bond acceptors (Lipinski definition) is 18.